The fourth-order valence-corrected chi connectivity index (χ4v) is 3.32. The van der Waals surface area contributed by atoms with Crippen molar-refractivity contribution in [1.29, 1.82) is 0 Å². The largest absolute Gasteiger partial charge is 0.354 e. The van der Waals surface area contributed by atoms with Crippen LogP contribution in [-0.2, 0) is 0 Å². The van der Waals surface area contributed by atoms with E-state index in [0.717, 1.165) is 25.2 Å². The van der Waals surface area contributed by atoms with Crippen molar-refractivity contribution in [1.82, 2.24) is 4.98 Å². The van der Waals surface area contributed by atoms with Crippen LogP contribution in [0.15, 0.2) is 12.3 Å². The van der Waals surface area contributed by atoms with Gasteiger partial charge in [-0.15, -0.1) is 0 Å². The monoisotopic (exact) mass is 292 g/mol. The molecule has 21 heavy (non-hydrogen) atoms. The van der Waals surface area contributed by atoms with E-state index in [2.05, 4.69) is 16.8 Å². The number of nitrogens with zero attached hydrogens (tertiary/aromatic N) is 3. The second-order valence-corrected chi connectivity index (χ2v) is 5.72. The zero-order chi connectivity index (χ0) is 15.4. The maximum Gasteiger partial charge on any atom is 0.290 e. The molecule has 1 aliphatic rings. The fraction of sp³-hybridized carbons (Fsp3) is 0.667. The minimum Gasteiger partial charge on any atom is -0.354 e. The van der Waals surface area contributed by atoms with Gasteiger partial charge in [0.15, 0.2) is 0 Å². The molecular formula is C15H24N4O2. The highest BCUT2D eigenvalue weighted by molar-refractivity contribution is 5.49. The zero-order valence-electron chi connectivity index (χ0n) is 12.8. The Labute approximate surface area is 125 Å². The van der Waals surface area contributed by atoms with Crippen LogP contribution in [0.3, 0.4) is 0 Å². The van der Waals surface area contributed by atoms with Crippen molar-refractivity contribution in [3.05, 3.63) is 27.9 Å². The first-order valence-electron chi connectivity index (χ1n) is 7.66. The minimum absolute atomic E-state index is 0.0776. The summed E-state index contributed by atoms with van der Waals surface area (Å²) >= 11 is 0. The summed E-state index contributed by atoms with van der Waals surface area (Å²) in [6, 6.07) is 2.21. The Morgan fingerprint density at radius 3 is 2.76 bits per heavy atom. The second-order valence-electron chi connectivity index (χ2n) is 5.72. The summed E-state index contributed by atoms with van der Waals surface area (Å²) in [7, 11) is 0. The smallest absolute Gasteiger partial charge is 0.290 e. The van der Waals surface area contributed by atoms with Crippen molar-refractivity contribution in [2.75, 3.05) is 18.0 Å². The van der Waals surface area contributed by atoms with Crippen LogP contribution in [-0.4, -0.2) is 29.0 Å². The van der Waals surface area contributed by atoms with Crippen LogP contribution in [0.1, 0.15) is 38.2 Å². The fourth-order valence-electron chi connectivity index (χ4n) is 3.32. The first-order valence-corrected chi connectivity index (χ1v) is 7.66. The van der Waals surface area contributed by atoms with Crippen LogP contribution in [0.5, 0.6) is 0 Å². The summed E-state index contributed by atoms with van der Waals surface area (Å²) in [6.45, 7) is 5.39. The molecule has 2 atom stereocenters. The predicted molar refractivity (Wildman–Crippen MR) is 83.4 cm³/mol. The number of rotatable bonds is 5. The van der Waals surface area contributed by atoms with E-state index in [1.54, 1.807) is 6.92 Å². The lowest BCUT2D eigenvalue weighted by atomic mass is 9.83. The van der Waals surface area contributed by atoms with E-state index in [1.807, 2.05) is 6.07 Å². The molecule has 116 valence electrons. The average Bonchev–Trinajstić information content (AvgIpc) is 2.48. The van der Waals surface area contributed by atoms with Gasteiger partial charge in [0.2, 0.25) is 0 Å². The maximum absolute atomic E-state index is 10.9. The van der Waals surface area contributed by atoms with Gasteiger partial charge in [-0.1, -0.05) is 12.8 Å². The van der Waals surface area contributed by atoms with Crippen LogP contribution >= 0.6 is 0 Å². The lowest BCUT2D eigenvalue weighted by Crippen LogP contribution is -2.45. The molecule has 2 rings (SSSR count). The summed E-state index contributed by atoms with van der Waals surface area (Å²) in [5.74, 6) is 1.31. The first-order chi connectivity index (χ1) is 10.1. The van der Waals surface area contributed by atoms with E-state index < -0.39 is 0 Å². The Morgan fingerprint density at radius 1 is 1.48 bits per heavy atom. The average molecular weight is 292 g/mol. The van der Waals surface area contributed by atoms with Gasteiger partial charge in [0, 0.05) is 18.2 Å². The van der Waals surface area contributed by atoms with E-state index >= 15 is 0 Å². The molecule has 0 spiro atoms. The van der Waals surface area contributed by atoms with Crippen molar-refractivity contribution in [2.24, 2.45) is 11.7 Å². The van der Waals surface area contributed by atoms with E-state index in [9.17, 15) is 10.1 Å². The lowest BCUT2D eigenvalue weighted by Gasteiger charge is -2.40. The van der Waals surface area contributed by atoms with Crippen LogP contribution in [0, 0.1) is 23.0 Å². The van der Waals surface area contributed by atoms with Crippen molar-refractivity contribution >= 4 is 11.5 Å². The molecule has 0 radical (unpaired) electrons. The number of pyridine rings is 1. The predicted octanol–water partition coefficient (Wildman–Crippen LogP) is 2.64. The van der Waals surface area contributed by atoms with Crippen molar-refractivity contribution in [3.63, 3.8) is 0 Å². The molecule has 0 bridgehead atoms. The van der Waals surface area contributed by atoms with Gasteiger partial charge in [-0.25, -0.2) is 4.98 Å². The van der Waals surface area contributed by atoms with Gasteiger partial charge in [0.05, 0.1) is 4.92 Å². The molecule has 1 aromatic heterocycles. The summed E-state index contributed by atoms with van der Waals surface area (Å²) in [5, 5.41) is 10.9. The number of hydrogen-bond donors (Lipinski definition) is 1. The number of nitrogens with two attached hydrogens (primary N) is 1. The number of aryl methyl sites for hydroxylation is 1. The van der Waals surface area contributed by atoms with Crippen LogP contribution < -0.4 is 10.6 Å². The zero-order valence-corrected chi connectivity index (χ0v) is 12.8. The highest BCUT2D eigenvalue weighted by atomic mass is 16.6. The number of aromatic nitrogens is 1. The molecule has 0 saturated heterocycles. The second kappa shape index (κ2) is 6.85. The highest BCUT2D eigenvalue weighted by Gasteiger charge is 2.29. The maximum atomic E-state index is 10.9. The molecule has 1 fully saturated rings. The SMILES string of the molecule is CCN(c1cc(C)c([N+](=O)[O-])cn1)C1CCCCC1CN. The summed E-state index contributed by atoms with van der Waals surface area (Å²) in [6.07, 6.45) is 6.09. The highest BCUT2D eigenvalue weighted by Crippen LogP contribution is 2.31. The van der Waals surface area contributed by atoms with Gasteiger partial charge in [-0.2, -0.15) is 0 Å². The molecule has 1 heterocycles. The summed E-state index contributed by atoms with van der Waals surface area (Å²) in [5.41, 5.74) is 6.66. The molecule has 1 aliphatic carbocycles. The third-order valence-electron chi connectivity index (χ3n) is 4.47. The Kier molecular flexibility index (Phi) is 5.12. The van der Waals surface area contributed by atoms with Crippen molar-refractivity contribution in [2.45, 2.75) is 45.6 Å². The molecule has 6 nitrogen and oxygen atoms in total. The van der Waals surface area contributed by atoms with Crippen molar-refractivity contribution in [3.8, 4) is 0 Å². The Balaban J connectivity index is 2.28. The van der Waals surface area contributed by atoms with E-state index in [-0.39, 0.29) is 10.6 Å². The van der Waals surface area contributed by atoms with Gasteiger partial charge < -0.3 is 10.6 Å². The van der Waals surface area contributed by atoms with Gasteiger partial charge in [-0.3, -0.25) is 10.1 Å². The molecule has 1 saturated carbocycles. The minimum atomic E-state index is -0.383. The van der Waals surface area contributed by atoms with Gasteiger partial charge in [0.25, 0.3) is 5.69 Å². The van der Waals surface area contributed by atoms with Crippen molar-refractivity contribution < 1.29 is 4.92 Å². The molecule has 6 heteroatoms. The number of nitro groups is 1. The molecule has 2 N–H and O–H groups in total. The quantitative estimate of drug-likeness (QED) is 0.666. The van der Waals surface area contributed by atoms with Crippen LogP contribution in [0.25, 0.3) is 0 Å². The first kappa shape index (κ1) is 15.7. The standard InChI is InChI=1S/C15H24N4O2/c1-3-18(13-7-5-4-6-12(13)9-16)15-8-11(2)14(10-17-15)19(20)21/h8,10,12-13H,3-7,9,16H2,1-2H3. The van der Waals surface area contributed by atoms with E-state index in [4.69, 9.17) is 5.73 Å². The topological polar surface area (TPSA) is 85.3 Å². The van der Waals surface area contributed by atoms with Crippen LogP contribution in [0.2, 0.25) is 0 Å². The molecule has 1 aromatic rings. The van der Waals surface area contributed by atoms with Gasteiger partial charge >= 0.3 is 0 Å². The Bertz CT molecular complexity index is 506. The summed E-state index contributed by atoms with van der Waals surface area (Å²) in [4.78, 5) is 17.1. The Morgan fingerprint density at radius 2 is 2.19 bits per heavy atom. The summed E-state index contributed by atoms with van der Waals surface area (Å²) < 4.78 is 0. The van der Waals surface area contributed by atoms with Crippen LogP contribution in [0.4, 0.5) is 11.5 Å². The number of hydrogen-bond acceptors (Lipinski definition) is 5. The third kappa shape index (κ3) is 3.32. The molecule has 2 unspecified atom stereocenters. The molecule has 0 aliphatic heterocycles. The van der Waals surface area contributed by atoms with Gasteiger partial charge in [0.1, 0.15) is 12.0 Å². The third-order valence-corrected chi connectivity index (χ3v) is 4.47. The molecular weight excluding hydrogens is 268 g/mol. The van der Waals surface area contributed by atoms with Gasteiger partial charge in [-0.05, 0) is 45.2 Å². The number of anilines is 1. The molecule has 0 aromatic carbocycles. The van der Waals surface area contributed by atoms with E-state index in [1.165, 1.54) is 19.0 Å². The normalized spacial score (nSPS) is 22.0. The lowest BCUT2D eigenvalue weighted by molar-refractivity contribution is -0.385. The van der Waals surface area contributed by atoms with E-state index in [0.29, 0.717) is 24.1 Å². The molecule has 0 amide bonds. The Hall–Kier alpha value is -1.69.